The van der Waals surface area contributed by atoms with Gasteiger partial charge in [-0.3, -0.25) is 5.32 Å². The van der Waals surface area contributed by atoms with Crippen LogP contribution in [0, 0.1) is 18.4 Å². The van der Waals surface area contributed by atoms with Crippen molar-refractivity contribution in [2.75, 3.05) is 11.9 Å². The lowest BCUT2D eigenvalue weighted by atomic mass is 9.98. The molecule has 0 saturated heterocycles. The number of rotatable bonds is 4. The third kappa shape index (κ3) is 4.50. The van der Waals surface area contributed by atoms with Gasteiger partial charge in [-0.25, -0.2) is 15.0 Å². The Morgan fingerprint density at radius 1 is 1.27 bits per heavy atom. The van der Waals surface area contributed by atoms with Crippen molar-refractivity contribution in [3.05, 3.63) is 51.5 Å². The molecular formula is C21H23Cl2N7. The average Bonchev–Trinajstić information content (AvgIpc) is 2.97. The maximum absolute atomic E-state index is 9.18. The van der Waals surface area contributed by atoms with Crippen LogP contribution in [0.1, 0.15) is 36.6 Å². The Hall–Kier alpha value is -2.82. The lowest BCUT2D eigenvalue weighted by Gasteiger charge is -2.20. The predicted molar refractivity (Wildman–Crippen MR) is 122 cm³/mol. The number of aliphatic imine (C=N–C) groups is 1. The molecule has 3 heterocycles. The van der Waals surface area contributed by atoms with Crippen molar-refractivity contribution in [2.45, 2.75) is 33.2 Å². The Balaban J connectivity index is 1.99. The van der Waals surface area contributed by atoms with Crippen LogP contribution in [0.5, 0.6) is 0 Å². The van der Waals surface area contributed by atoms with Crippen molar-refractivity contribution in [3.63, 3.8) is 0 Å². The van der Waals surface area contributed by atoms with Gasteiger partial charge in [-0.15, -0.1) is 0 Å². The SMILES string of the molecule is Cc1cn(C)c2nc(CN=C(NC#N)N(C)c3cc(Cl)nc(Cl)c3)cc(C(C)C)c12. The summed E-state index contributed by atoms with van der Waals surface area (Å²) in [6.45, 7) is 6.74. The monoisotopic (exact) mass is 443 g/mol. The quantitative estimate of drug-likeness (QED) is 0.206. The molecule has 156 valence electrons. The lowest BCUT2D eigenvalue weighted by molar-refractivity contribution is 0.857. The molecule has 3 aromatic rings. The number of hydrogen-bond donors (Lipinski definition) is 1. The van der Waals surface area contributed by atoms with Crippen molar-refractivity contribution < 1.29 is 0 Å². The van der Waals surface area contributed by atoms with Gasteiger partial charge in [-0.1, -0.05) is 37.0 Å². The first kappa shape index (κ1) is 21.9. The van der Waals surface area contributed by atoms with Gasteiger partial charge >= 0.3 is 0 Å². The van der Waals surface area contributed by atoms with E-state index < -0.39 is 0 Å². The van der Waals surface area contributed by atoms with Crippen molar-refractivity contribution in [1.29, 1.82) is 5.26 Å². The number of aryl methyl sites for hydroxylation is 2. The van der Waals surface area contributed by atoms with Crippen LogP contribution in [0.3, 0.4) is 0 Å². The van der Waals surface area contributed by atoms with Crippen LogP contribution < -0.4 is 10.2 Å². The second-order valence-corrected chi connectivity index (χ2v) is 8.16. The zero-order chi connectivity index (χ0) is 22.0. The maximum atomic E-state index is 9.18. The summed E-state index contributed by atoms with van der Waals surface area (Å²) in [6, 6.07) is 5.39. The first-order valence-corrected chi connectivity index (χ1v) is 10.2. The third-order valence-electron chi connectivity index (χ3n) is 4.83. The van der Waals surface area contributed by atoms with Crippen LogP contribution in [0.4, 0.5) is 5.69 Å². The van der Waals surface area contributed by atoms with E-state index in [1.165, 1.54) is 16.5 Å². The summed E-state index contributed by atoms with van der Waals surface area (Å²) in [7, 11) is 3.76. The van der Waals surface area contributed by atoms with Gasteiger partial charge in [0.05, 0.1) is 12.2 Å². The highest BCUT2D eigenvalue weighted by Crippen LogP contribution is 2.29. The number of hydrogen-bond acceptors (Lipinski definition) is 4. The highest BCUT2D eigenvalue weighted by Gasteiger charge is 2.15. The Bertz CT molecular complexity index is 1140. The molecule has 9 heteroatoms. The van der Waals surface area contributed by atoms with Gasteiger partial charge in [-0.2, -0.15) is 5.26 Å². The largest absolute Gasteiger partial charge is 0.335 e. The number of nitrogens with one attached hydrogen (secondary N) is 1. The Labute approximate surface area is 186 Å². The Kier molecular flexibility index (Phi) is 6.49. The fraction of sp³-hybridized carbons (Fsp3) is 0.333. The number of nitriles is 1. The highest BCUT2D eigenvalue weighted by atomic mass is 35.5. The van der Waals surface area contributed by atoms with E-state index in [2.05, 4.69) is 48.3 Å². The van der Waals surface area contributed by atoms with Gasteiger partial charge in [0.25, 0.3) is 0 Å². The maximum Gasteiger partial charge on any atom is 0.212 e. The zero-order valence-electron chi connectivity index (χ0n) is 17.5. The molecule has 7 nitrogen and oxygen atoms in total. The van der Waals surface area contributed by atoms with Crippen molar-refractivity contribution in [3.8, 4) is 6.19 Å². The number of nitrogens with zero attached hydrogens (tertiary/aromatic N) is 6. The molecule has 0 saturated carbocycles. The van der Waals surface area contributed by atoms with Crippen molar-refractivity contribution in [1.82, 2.24) is 19.9 Å². The summed E-state index contributed by atoms with van der Waals surface area (Å²) in [4.78, 5) is 15.0. The summed E-state index contributed by atoms with van der Waals surface area (Å²) in [5, 5.41) is 13.5. The molecule has 0 radical (unpaired) electrons. The van der Waals surface area contributed by atoms with Crippen molar-refractivity contribution in [2.24, 2.45) is 12.0 Å². The molecule has 1 N–H and O–H groups in total. The van der Waals surface area contributed by atoms with Crippen LogP contribution in [-0.2, 0) is 13.6 Å². The minimum atomic E-state index is 0.258. The molecule has 0 amide bonds. The minimum absolute atomic E-state index is 0.258. The first-order chi connectivity index (χ1) is 14.2. The number of halogens is 2. The molecule has 0 unspecified atom stereocenters. The number of guanidine groups is 1. The second kappa shape index (κ2) is 8.90. The zero-order valence-corrected chi connectivity index (χ0v) is 19.0. The van der Waals surface area contributed by atoms with Crippen LogP contribution in [-0.4, -0.2) is 27.5 Å². The van der Waals surface area contributed by atoms with Gasteiger partial charge in [0.1, 0.15) is 16.0 Å². The van der Waals surface area contributed by atoms with Gasteiger partial charge in [0.15, 0.2) is 6.19 Å². The second-order valence-electron chi connectivity index (χ2n) is 7.39. The molecule has 0 aliphatic rings. The number of fused-ring (bicyclic) bond motifs is 1. The van der Waals surface area contributed by atoms with Gasteiger partial charge in [0.2, 0.25) is 5.96 Å². The molecule has 0 fully saturated rings. The van der Waals surface area contributed by atoms with E-state index in [9.17, 15) is 5.26 Å². The average molecular weight is 444 g/mol. The van der Waals surface area contributed by atoms with E-state index in [0.29, 0.717) is 24.1 Å². The minimum Gasteiger partial charge on any atom is -0.335 e. The first-order valence-electron chi connectivity index (χ1n) is 9.43. The van der Waals surface area contributed by atoms with E-state index in [1.54, 1.807) is 24.1 Å². The smallest absolute Gasteiger partial charge is 0.212 e. The molecular weight excluding hydrogens is 421 g/mol. The van der Waals surface area contributed by atoms with E-state index in [1.807, 2.05) is 17.8 Å². The predicted octanol–water partition coefficient (Wildman–Crippen LogP) is 4.77. The Morgan fingerprint density at radius 3 is 2.53 bits per heavy atom. The van der Waals surface area contributed by atoms with Gasteiger partial charge < -0.3 is 9.47 Å². The summed E-state index contributed by atoms with van der Waals surface area (Å²) in [5.74, 6) is 0.701. The topological polar surface area (TPSA) is 82.1 Å². The lowest BCUT2D eigenvalue weighted by Crippen LogP contribution is -2.36. The van der Waals surface area contributed by atoms with Crippen LogP contribution >= 0.6 is 23.2 Å². The molecule has 0 aliphatic carbocycles. The summed E-state index contributed by atoms with van der Waals surface area (Å²) < 4.78 is 2.03. The van der Waals surface area contributed by atoms with Gasteiger partial charge in [0, 0.05) is 31.4 Å². The third-order valence-corrected chi connectivity index (χ3v) is 5.22. The molecule has 0 bridgehead atoms. The highest BCUT2D eigenvalue weighted by molar-refractivity contribution is 6.33. The fourth-order valence-corrected chi connectivity index (χ4v) is 3.87. The van der Waals surface area contributed by atoms with Crippen molar-refractivity contribution >= 4 is 45.9 Å². The van der Waals surface area contributed by atoms with E-state index in [0.717, 1.165) is 11.3 Å². The standard InChI is InChI=1S/C21H23Cl2N7/c1-12(2)16-6-14(27-20-19(16)13(3)10-29(20)4)9-25-21(26-11-24)30(5)15-7-17(22)28-18(23)8-15/h6-8,10,12H,9H2,1-5H3,(H,25,26). The van der Waals surface area contributed by atoms with E-state index >= 15 is 0 Å². The Morgan fingerprint density at radius 2 is 1.93 bits per heavy atom. The number of pyridine rings is 2. The molecule has 0 aromatic carbocycles. The van der Waals surface area contributed by atoms with E-state index in [4.69, 9.17) is 28.2 Å². The van der Waals surface area contributed by atoms with Crippen LogP contribution in [0.15, 0.2) is 29.4 Å². The molecule has 0 aliphatic heterocycles. The molecule has 3 rings (SSSR count). The van der Waals surface area contributed by atoms with Gasteiger partial charge in [-0.05, 0) is 42.2 Å². The fourth-order valence-electron chi connectivity index (χ4n) is 3.42. The number of aromatic nitrogens is 3. The van der Waals surface area contributed by atoms with Crippen LogP contribution in [0.25, 0.3) is 11.0 Å². The normalized spacial score (nSPS) is 11.8. The van der Waals surface area contributed by atoms with E-state index in [-0.39, 0.29) is 10.3 Å². The van der Waals surface area contributed by atoms with Crippen LogP contribution in [0.2, 0.25) is 10.3 Å². The molecule has 0 atom stereocenters. The molecule has 0 spiro atoms. The summed E-state index contributed by atoms with van der Waals surface area (Å²) in [6.07, 6.45) is 4.01. The summed E-state index contributed by atoms with van der Waals surface area (Å²) >= 11 is 12.0. The molecule has 30 heavy (non-hydrogen) atoms. The summed E-state index contributed by atoms with van der Waals surface area (Å²) in [5.41, 5.74) is 4.85. The molecule has 3 aromatic heterocycles. The number of anilines is 1.